The minimum atomic E-state index is -0.620. The van der Waals surface area contributed by atoms with Crippen molar-refractivity contribution in [3.05, 3.63) is 41.7 Å². The van der Waals surface area contributed by atoms with Crippen LogP contribution in [0.5, 0.6) is 0 Å². The number of aromatic nitrogens is 2. The van der Waals surface area contributed by atoms with Gasteiger partial charge in [-0.15, -0.1) is 0 Å². The van der Waals surface area contributed by atoms with Gasteiger partial charge < -0.3 is 30.7 Å². The fourth-order valence-electron chi connectivity index (χ4n) is 6.43. The summed E-state index contributed by atoms with van der Waals surface area (Å²) in [5.41, 5.74) is 8.14. The first-order chi connectivity index (χ1) is 18.8. The van der Waals surface area contributed by atoms with Crippen molar-refractivity contribution in [2.75, 3.05) is 56.5 Å². The third-order valence-electron chi connectivity index (χ3n) is 9.21. The molecule has 39 heavy (non-hydrogen) atoms. The minimum absolute atomic E-state index is 0.0881. The normalized spacial score (nSPS) is 23.8. The van der Waals surface area contributed by atoms with E-state index in [9.17, 15) is 9.59 Å². The monoisotopic (exact) mass is 532 g/mol. The second-order valence-corrected chi connectivity index (χ2v) is 12.0. The number of nitrogens with zero attached hydrogens (tertiary/aromatic N) is 6. The van der Waals surface area contributed by atoms with Gasteiger partial charge in [0.2, 0.25) is 0 Å². The number of amides is 3. The molecule has 1 atom stereocenters. The molecule has 1 saturated carbocycles. The molecule has 1 unspecified atom stereocenters. The standard InChI is InChI=1S/C29H40N8O2/c1-29(11-14-35(15-12-29)22-9-10-22)20-5-7-21(8-6-20)32-27-25(26(30)38)31-18-24(33-27)36-13-3-4-23(19-36)37-17-16-34(2)28(37)39/h5-8,18,22-23H,3-4,9-17,19H2,1-2H3,(H2,30,38)(H,32,33). The van der Waals surface area contributed by atoms with Crippen LogP contribution in [0.15, 0.2) is 30.5 Å². The van der Waals surface area contributed by atoms with E-state index in [1.54, 1.807) is 11.1 Å². The van der Waals surface area contributed by atoms with Crippen molar-refractivity contribution in [3.8, 4) is 0 Å². The number of hydrogen-bond donors (Lipinski definition) is 2. The van der Waals surface area contributed by atoms with Crippen LogP contribution in [0.2, 0.25) is 0 Å². The Bertz CT molecular complexity index is 1220. The zero-order valence-electron chi connectivity index (χ0n) is 23.1. The van der Waals surface area contributed by atoms with Gasteiger partial charge in [0.05, 0.1) is 12.2 Å². The number of nitrogens with one attached hydrogen (secondary N) is 1. The van der Waals surface area contributed by atoms with Gasteiger partial charge in [-0.3, -0.25) is 4.79 Å². The smallest absolute Gasteiger partial charge is 0.320 e. The highest BCUT2D eigenvalue weighted by Crippen LogP contribution is 2.39. The molecule has 4 aliphatic rings. The number of anilines is 3. The van der Waals surface area contributed by atoms with Crippen molar-refractivity contribution >= 4 is 29.3 Å². The van der Waals surface area contributed by atoms with Gasteiger partial charge in [0.25, 0.3) is 5.91 Å². The summed E-state index contributed by atoms with van der Waals surface area (Å²) in [6.45, 7) is 7.74. The summed E-state index contributed by atoms with van der Waals surface area (Å²) in [6, 6.07) is 9.54. The first kappa shape index (κ1) is 25.9. The Morgan fingerprint density at radius 2 is 1.77 bits per heavy atom. The zero-order chi connectivity index (χ0) is 27.1. The van der Waals surface area contributed by atoms with Crippen molar-refractivity contribution in [2.24, 2.45) is 5.73 Å². The van der Waals surface area contributed by atoms with Gasteiger partial charge in [0.1, 0.15) is 5.82 Å². The van der Waals surface area contributed by atoms with Gasteiger partial charge >= 0.3 is 6.03 Å². The summed E-state index contributed by atoms with van der Waals surface area (Å²) in [5, 5.41) is 3.30. The number of likely N-dealkylation sites (tertiary alicyclic amines) is 1. The summed E-state index contributed by atoms with van der Waals surface area (Å²) in [5.74, 6) is 0.417. The van der Waals surface area contributed by atoms with Gasteiger partial charge in [-0.2, -0.15) is 0 Å². The van der Waals surface area contributed by atoms with Crippen LogP contribution >= 0.6 is 0 Å². The number of rotatable bonds is 7. The topological polar surface area (TPSA) is 111 Å². The number of nitrogens with two attached hydrogens (primary N) is 1. The third-order valence-corrected chi connectivity index (χ3v) is 9.21. The van der Waals surface area contributed by atoms with E-state index in [-0.39, 0.29) is 23.2 Å². The second-order valence-electron chi connectivity index (χ2n) is 12.0. The summed E-state index contributed by atoms with van der Waals surface area (Å²) in [7, 11) is 1.85. The van der Waals surface area contributed by atoms with E-state index in [1.807, 2.05) is 11.9 Å². The first-order valence-electron chi connectivity index (χ1n) is 14.4. The molecule has 1 aromatic heterocycles. The average Bonchev–Trinajstić information content (AvgIpc) is 3.74. The molecule has 0 radical (unpaired) electrons. The molecule has 3 amide bonds. The molecular formula is C29H40N8O2. The number of carbonyl (C=O) groups excluding carboxylic acids is 2. The molecule has 208 valence electrons. The molecule has 1 aromatic carbocycles. The molecule has 3 aliphatic heterocycles. The van der Waals surface area contributed by atoms with Crippen LogP contribution in [0.4, 0.5) is 22.1 Å². The minimum Gasteiger partial charge on any atom is -0.364 e. The Hall–Kier alpha value is -3.40. The van der Waals surface area contributed by atoms with Crippen LogP contribution in [0, 0.1) is 0 Å². The van der Waals surface area contributed by atoms with Gasteiger partial charge in [0, 0.05) is 45.0 Å². The second kappa shape index (κ2) is 10.3. The van der Waals surface area contributed by atoms with Crippen molar-refractivity contribution < 1.29 is 9.59 Å². The van der Waals surface area contributed by atoms with Crippen LogP contribution in [-0.4, -0.2) is 95.0 Å². The molecule has 6 rings (SSSR count). The first-order valence-corrected chi connectivity index (χ1v) is 14.4. The van der Waals surface area contributed by atoms with Crippen LogP contribution in [-0.2, 0) is 5.41 Å². The lowest BCUT2D eigenvalue weighted by atomic mass is 9.74. The molecule has 3 saturated heterocycles. The lowest BCUT2D eigenvalue weighted by Crippen LogP contribution is -2.49. The molecule has 4 heterocycles. The highest BCUT2D eigenvalue weighted by Gasteiger charge is 2.37. The van der Waals surface area contributed by atoms with E-state index in [4.69, 9.17) is 10.7 Å². The van der Waals surface area contributed by atoms with Crippen LogP contribution in [0.1, 0.15) is 61.5 Å². The number of primary amides is 1. The summed E-state index contributed by atoms with van der Waals surface area (Å²) >= 11 is 0. The van der Waals surface area contributed by atoms with Crippen molar-refractivity contribution in [1.82, 2.24) is 24.7 Å². The van der Waals surface area contributed by atoms with E-state index in [0.717, 1.165) is 44.2 Å². The maximum atomic E-state index is 12.6. The predicted molar refractivity (Wildman–Crippen MR) is 151 cm³/mol. The molecule has 4 fully saturated rings. The van der Waals surface area contributed by atoms with Crippen LogP contribution in [0.3, 0.4) is 0 Å². The lowest BCUT2D eigenvalue weighted by Gasteiger charge is -2.40. The number of urea groups is 1. The predicted octanol–water partition coefficient (Wildman–Crippen LogP) is 3.17. The average molecular weight is 533 g/mol. The quantitative estimate of drug-likeness (QED) is 0.564. The summed E-state index contributed by atoms with van der Waals surface area (Å²) in [6.07, 6.45) is 8.61. The molecule has 10 heteroatoms. The highest BCUT2D eigenvalue weighted by molar-refractivity contribution is 5.96. The molecule has 0 spiro atoms. The number of hydrogen-bond acceptors (Lipinski definition) is 7. The molecular weight excluding hydrogens is 492 g/mol. The maximum Gasteiger partial charge on any atom is 0.320 e. The number of piperidine rings is 2. The van der Waals surface area contributed by atoms with E-state index in [0.29, 0.717) is 18.2 Å². The lowest BCUT2D eigenvalue weighted by molar-refractivity contribution is 0.0996. The van der Waals surface area contributed by atoms with Gasteiger partial charge in [0.15, 0.2) is 11.5 Å². The number of likely N-dealkylation sites (N-methyl/N-ethyl adjacent to an activating group) is 1. The van der Waals surface area contributed by atoms with Crippen molar-refractivity contribution in [3.63, 3.8) is 0 Å². The van der Waals surface area contributed by atoms with Crippen molar-refractivity contribution in [2.45, 2.75) is 62.9 Å². The summed E-state index contributed by atoms with van der Waals surface area (Å²) < 4.78 is 0. The molecule has 2 aromatic rings. The Labute approximate surface area is 230 Å². The van der Waals surface area contributed by atoms with E-state index >= 15 is 0 Å². The molecule has 10 nitrogen and oxygen atoms in total. The Balaban J connectivity index is 1.16. The number of carbonyl (C=O) groups is 2. The van der Waals surface area contributed by atoms with Gasteiger partial charge in [-0.05, 0) is 74.7 Å². The van der Waals surface area contributed by atoms with E-state index < -0.39 is 5.91 Å². The fourth-order valence-corrected chi connectivity index (χ4v) is 6.43. The SMILES string of the molecule is CN1CCN(C2CCCN(c3cnc(C(N)=O)c(Nc4ccc(C5(C)CCN(C6CC6)CC5)cc4)n3)C2)C1=O. The Morgan fingerprint density at radius 1 is 1.03 bits per heavy atom. The van der Waals surface area contributed by atoms with Crippen LogP contribution < -0.4 is 16.0 Å². The number of benzene rings is 1. The van der Waals surface area contributed by atoms with Gasteiger partial charge in [-0.1, -0.05) is 19.1 Å². The van der Waals surface area contributed by atoms with Gasteiger partial charge in [-0.25, -0.2) is 14.8 Å². The van der Waals surface area contributed by atoms with E-state index in [2.05, 4.69) is 51.3 Å². The van der Waals surface area contributed by atoms with Crippen LogP contribution in [0.25, 0.3) is 0 Å². The van der Waals surface area contributed by atoms with Crippen molar-refractivity contribution in [1.29, 1.82) is 0 Å². The molecule has 3 N–H and O–H groups in total. The zero-order valence-corrected chi connectivity index (χ0v) is 23.1. The molecule has 1 aliphatic carbocycles. The Morgan fingerprint density at radius 3 is 2.41 bits per heavy atom. The maximum absolute atomic E-state index is 12.6. The summed E-state index contributed by atoms with van der Waals surface area (Å²) in [4.78, 5) is 42.5. The fraction of sp³-hybridized carbons (Fsp3) is 0.586. The van der Waals surface area contributed by atoms with E-state index in [1.165, 1.54) is 44.3 Å². The molecule has 0 bridgehead atoms. The highest BCUT2D eigenvalue weighted by atomic mass is 16.2. The Kier molecular flexibility index (Phi) is 6.82. The largest absolute Gasteiger partial charge is 0.364 e. The third kappa shape index (κ3) is 5.26.